The Balaban J connectivity index is 1.77. The third-order valence-corrected chi connectivity index (χ3v) is 7.03. The molecule has 0 spiro atoms. The van der Waals surface area contributed by atoms with Gasteiger partial charge in [0, 0.05) is 16.0 Å². The highest BCUT2D eigenvalue weighted by atomic mass is 32.1. The minimum Gasteiger partial charge on any atom is -0.313 e. The summed E-state index contributed by atoms with van der Waals surface area (Å²) >= 11 is 1.60. The number of amides is 1. The number of hydrogen-bond donors (Lipinski definition) is 1. The molecule has 5 heteroatoms. The minimum absolute atomic E-state index is 0.0722. The third kappa shape index (κ3) is 4.32. The third-order valence-electron chi connectivity index (χ3n) is 5.89. The molecule has 2 aromatic carbocycles. The SMILES string of the molecule is Cc1sc(NC(=O)c2ccccc2)c(C(c2cccc(F)c2)N2CCCCC2)c1C. The maximum Gasteiger partial charge on any atom is 0.256 e. The van der Waals surface area contributed by atoms with Gasteiger partial charge in [0.05, 0.1) is 6.04 Å². The van der Waals surface area contributed by atoms with E-state index in [0.717, 1.165) is 42.1 Å². The lowest BCUT2D eigenvalue weighted by molar-refractivity contribution is 0.102. The van der Waals surface area contributed by atoms with Crippen LogP contribution in [0.2, 0.25) is 0 Å². The number of hydrogen-bond acceptors (Lipinski definition) is 3. The van der Waals surface area contributed by atoms with Gasteiger partial charge in [-0.1, -0.05) is 36.8 Å². The molecule has 0 radical (unpaired) electrons. The lowest BCUT2D eigenvalue weighted by Gasteiger charge is -2.36. The molecule has 2 heterocycles. The van der Waals surface area contributed by atoms with Crippen LogP contribution in [0.5, 0.6) is 0 Å². The van der Waals surface area contributed by atoms with Crippen molar-refractivity contribution in [3.05, 3.63) is 87.5 Å². The molecule has 1 aliphatic rings. The van der Waals surface area contributed by atoms with Crippen LogP contribution in [0.25, 0.3) is 0 Å². The van der Waals surface area contributed by atoms with Gasteiger partial charge in [-0.05, 0) is 75.2 Å². The summed E-state index contributed by atoms with van der Waals surface area (Å²) in [7, 11) is 0. The summed E-state index contributed by atoms with van der Waals surface area (Å²) in [6.45, 7) is 6.14. The Morgan fingerprint density at radius 3 is 2.47 bits per heavy atom. The summed E-state index contributed by atoms with van der Waals surface area (Å²) in [5, 5.41) is 4.01. The number of nitrogens with zero attached hydrogens (tertiary/aromatic N) is 1. The van der Waals surface area contributed by atoms with Crippen LogP contribution in [0.4, 0.5) is 9.39 Å². The van der Waals surface area contributed by atoms with Gasteiger partial charge in [0.25, 0.3) is 5.91 Å². The average molecular weight is 423 g/mol. The van der Waals surface area contributed by atoms with E-state index in [1.54, 1.807) is 23.5 Å². The van der Waals surface area contributed by atoms with Gasteiger partial charge in [0.15, 0.2) is 0 Å². The Bertz CT molecular complexity index is 1020. The Hall–Kier alpha value is -2.50. The van der Waals surface area contributed by atoms with Crippen molar-refractivity contribution < 1.29 is 9.18 Å². The summed E-state index contributed by atoms with van der Waals surface area (Å²) in [6.07, 6.45) is 3.50. The van der Waals surface area contributed by atoms with Crippen molar-refractivity contribution in [2.45, 2.75) is 39.2 Å². The van der Waals surface area contributed by atoms with Gasteiger partial charge in [-0.25, -0.2) is 4.39 Å². The number of halogens is 1. The molecule has 1 N–H and O–H groups in total. The van der Waals surface area contributed by atoms with E-state index < -0.39 is 0 Å². The van der Waals surface area contributed by atoms with Crippen molar-refractivity contribution in [3.8, 4) is 0 Å². The van der Waals surface area contributed by atoms with Crippen molar-refractivity contribution in [1.82, 2.24) is 4.90 Å². The number of thiophene rings is 1. The average Bonchev–Trinajstić information content (AvgIpc) is 3.03. The van der Waals surface area contributed by atoms with Crippen LogP contribution in [-0.4, -0.2) is 23.9 Å². The number of piperidine rings is 1. The van der Waals surface area contributed by atoms with Gasteiger partial charge in [-0.2, -0.15) is 0 Å². The van der Waals surface area contributed by atoms with Gasteiger partial charge < -0.3 is 5.32 Å². The van der Waals surface area contributed by atoms with Crippen molar-refractivity contribution in [2.75, 3.05) is 18.4 Å². The van der Waals surface area contributed by atoms with E-state index in [4.69, 9.17) is 0 Å². The number of nitrogens with one attached hydrogen (secondary N) is 1. The molecule has 30 heavy (non-hydrogen) atoms. The van der Waals surface area contributed by atoms with Crippen LogP contribution in [0.15, 0.2) is 54.6 Å². The molecule has 0 aliphatic carbocycles. The number of benzene rings is 2. The van der Waals surface area contributed by atoms with Gasteiger partial charge in [-0.3, -0.25) is 9.69 Å². The van der Waals surface area contributed by atoms with Gasteiger partial charge in [-0.15, -0.1) is 11.3 Å². The summed E-state index contributed by atoms with van der Waals surface area (Å²) in [5.74, 6) is -0.344. The maximum absolute atomic E-state index is 14.2. The van der Waals surface area contributed by atoms with Crippen molar-refractivity contribution in [1.29, 1.82) is 0 Å². The zero-order chi connectivity index (χ0) is 21.1. The van der Waals surface area contributed by atoms with E-state index in [0.29, 0.717) is 5.56 Å². The van der Waals surface area contributed by atoms with Crippen LogP contribution in [0.1, 0.15) is 57.2 Å². The highest BCUT2D eigenvalue weighted by Crippen LogP contribution is 2.43. The van der Waals surface area contributed by atoms with E-state index in [2.05, 4.69) is 24.1 Å². The van der Waals surface area contributed by atoms with Crippen LogP contribution in [-0.2, 0) is 0 Å². The largest absolute Gasteiger partial charge is 0.313 e. The summed E-state index contributed by atoms with van der Waals surface area (Å²) in [4.78, 5) is 16.5. The second-order valence-corrected chi connectivity index (χ2v) is 9.13. The molecule has 1 saturated heterocycles. The van der Waals surface area contributed by atoms with Crippen LogP contribution < -0.4 is 5.32 Å². The molecular weight excluding hydrogens is 395 g/mol. The molecule has 1 unspecified atom stereocenters. The monoisotopic (exact) mass is 422 g/mol. The fourth-order valence-electron chi connectivity index (χ4n) is 4.24. The van der Waals surface area contributed by atoms with E-state index in [1.165, 1.54) is 22.9 Å². The number of likely N-dealkylation sites (tertiary alicyclic amines) is 1. The highest BCUT2D eigenvalue weighted by Gasteiger charge is 2.30. The summed E-state index contributed by atoms with van der Waals surface area (Å²) in [5.41, 5.74) is 3.83. The first-order valence-corrected chi connectivity index (χ1v) is 11.3. The second kappa shape index (κ2) is 9.11. The van der Waals surface area contributed by atoms with Crippen LogP contribution in [0.3, 0.4) is 0 Å². The summed E-state index contributed by atoms with van der Waals surface area (Å²) < 4.78 is 14.2. The van der Waals surface area contributed by atoms with Crippen molar-refractivity contribution in [3.63, 3.8) is 0 Å². The Kier molecular flexibility index (Phi) is 6.30. The Morgan fingerprint density at radius 2 is 1.77 bits per heavy atom. The van der Waals surface area contributed by atoms with Gasteiger partial charge in [0.2, 0.25) is 0 Å². The molecule has 156 valence electrons. The van der Waals surface area contributed by atoms with E-state index >= 15 is 0 Å². The zero-order valence-electron chi connectivity index (χ0n) is 17.5. The first-order valence-electron chi connectivity index (χ1n) is 10.5. The molecule has 0 saturated carbocycles. The molecule has 1 amide bonds. The maximum atomic E-state index is 14.2. The fourth-order valence-corrected chi connectivity index (χ4v) is 5.33. The normalized spacial score (nSPS) is 15.7. The molecule has 3 nitrogen and oxygen atoms in total. The lowest BCUT2D eigenvalue weighted by Crippen LogP contribution is -2.35. The molecular formula is C25H27FN2OS. The smallest absolute Gasteiger partial charge is 0.256 e. The van der Waals surface area contributed by atoms with Crippen LogP contribution >= 0.6 is 11.3 Å². The number of carbonyl (C=O) groups excluding carboxylic acids is 1. The highest BCUT2D eigenvalue weighted by molar-refractivity contribution is 7.16. The lowest BCUT2D eigenvalue weighted by atomic mass is 9.93. The first kappa shape index (κ1) is 20.8. The number of aryl methyl sites for hydroxylation is 1. The van der Waals surface area contributed by atoms with E-state index in [1.807, 2.05) is 36.4 Å². The molecule has 0 bridgehead atoms. The molecule has 1 atom stereocenters. The Labute approximate surface area is 181 Å². The fraction of sp³-hybridized carbons (Fsp3) is 0.320. The molecule has 1 fully saturated rings. The number of rotatable bonds is 5. The molecule has 4 rings (SSSR count). The zero-order valence-corrected chi connectivity index (χ0v) is 18.3. The first-order chi connectivity index (χ1) is 14.5. The quantitative estimate of drug-likeness (QED) is 0.521. The second-order valence-electron chi connectivity index (χ2n) is 7.90. The molecule has 1 aromatic heterocycles. The predicted octanol–water partition coefficient (Wildman–Crippen LogP) is 6.33. The number of carbonyl (C=O) groups is 1. The standard InChI is InChI=1S/C25H27FN2OS/c1-17-18(2)30-25(27-24(29)19-10-5-3-6-11-19)22(17)23(28-14-7-4-8-15-28)20-12-9-13-21(26)16-20/h3,5-6,9-13,16,23H,4,7-8,14-15H2,1-2H3,(H,27,29). The van der Waals surface area contributed by atoms with Crippen molar-refractivity contribution >= 4 is 22.2 Å². The summed E-state index contributed by atoms with van der Waals surface area (Å²) in [6, 6.07) is 16.1. The van der Waals surface area contributed by atoms with Gasteiger partial charge in [0.1, 0.15) is 10.8 Å². The predicted molar refractivity (Wildman–Crippen MR) is 122 cm³/mol. The topological polar surface area (TPSA) is 32.3 Å². The van der Waals surface area contributed by atoms with Crippen molar-refractivity contribution in [2.24, 2.45) is 0 Å². The number of anilines is 1. The minimum atomic E-state index is -0.228. The Morgan fingerprint density at radius 1 is 1.03 bits per heavy atom. The van der Waals surface area contributed by atoms with Crippen LogP contribution in [0, 0.1) is 19.7 Å². The molecule has 1 aliphatic heterocycles. The molecule has 3 aromatic rings. The van der Waals surface area contributed by atoms with E-state index in [-0.39, 0.29) is 17.8 Å². The van der Waals surface area contributed by atoms with E-state index in [9.17, 15) is 9.18 Å². The van der Waals surface area contributed by atoms with Gasteiger partial charge >= 0.3 is 0 Å².